The Morgan fingerprint density at radius 1 is 1.69 bits per heavy atom. The van der Waals surface area contributed by atoms with Gasteiger partial charge in [-0.15, -0.1) is 0 Å². The summed E-state index contributed by atoms with van der Waals surface area (Å²) < 4.78 is 1.89. The minimum absolute atomic E-state index is 0.904. The first kappa shape index (κ1) is 8.62. The molecule has 0 atom stereocenters. The number of amidine groups is 1. The highest BCUT2D eigenvalue weighted by molar-refractivity contribution is 8.14. The van der Waals surface area contributed by atoms with Crippen LogP contribution >= 0.6 is 11.8 Å². The van der Waals surface area contributed by atoms with Crippen LogP contribution in [0.1, 0.15) is 6.92 Å². The van der Waals surface area contributed by atoms with E-state index in [0.29, 0.717) is 0 Å². The Labute approximate surface area is 81.4 Å². The van der Waals surface area contributed by atoms with Gasteiger partial charge in [0.2, 0.25) is 0 Å². The number of hydrogen-bond acceptors (Lipinski definition) is 4. The van der Waals surface area contributed by atoms with E-state index in [-0.39, 0.29) is 0 Å². The van der Waals surface area contributed by atoms with Crippen molar-refractivity contribution in [2.75, 3.05) is 17.6 Å². The summed E-state index contributed by atoms with van der Waals surface area (Å²) in [6, 6.07) is 0. The molecule has 0 saturated carbocycles. The topological polar surface area (TPSA) is 42.2 Å². The smallest absolute Gasteiger partial charge is 0.161 e. The van der Waals surface area contributed by atoms with E-state index >= 15 is 0 Å². The van der Waals surface area contributed by atoms with E-state index in [2.05, 4.69) is 22.3 Å². The highest BCUT2D eigenvalue weighted by atomic mass is 32.2. The summed E-state index contributed by atoms with van der Waals surface area (Å²) in [7, 11) is 0. The third kappa shape index (κ3) is 2.03. The molecule has 5 heteroatoms. The highest BCUT2D eigenvalue weighted by Gasteiger charge is 2.07. The van der Waals surface area contributed by atoms with Crippen LogP contribution in [0.5, 0.6) is 0 Å². The third-order valence-corrected chi connectivity index (χ3v) is 2.69. The molecule has 1 aromatic heterocycles. The quantitative estimate of drug-likeness (QED) is 0.777. The Morgan fingerprint density at radius 3 is 3.23 bits per heavy atom. The molecule has 0 saturated heterocycles. The number of hydrogen-bond donors (Lipinski definition) is 1. The van der Waals surface area contributed by atoms with E-state index in [9.17, 15) is 0 Å². The van der Waals surface area contributed by atoms with E-state index in [0.717, 1.165) is 29.7 Å². The Hall–Kier alpha value is -0.970. The summed E-state index contributed by atoms with van der Waals surface area (Å²) >= 11 is 1.76. The van der Waals surface area contributed by atoms with Crippen molar-refractivity contribution in [1.29, 1.82) is 0 Å². The normalized spacial score (nSPS) is 15.9. The molecule has 0 aromatic carbocycles. The average molecular weight is 196 g/mol. The first-order valence-corrected chi connectivity index (χ1v) is 5.34. The van der Waals surface area contributed by atoms with E-state index < -0.39 is 0 Å². The monoisotopic (exact) mass is 196 g/mol. The Balaban J connectivity index is 2.00. The number of rotatable bonds is 2. The van der Waals surface area contributed by atoms with Crippen molar-refractivity contribution in [3.63, 3.8) is 0 Å². The number of nitrogens with one attached hydrogen (secondary N) is 1. The van der Waals surface area contributed by atoms with Crippen molar-refractivity contribution < 1.29 is 0 Å². The molecule has 0 spiro atoms. The number of anilines is 1. The molecule has 2 rings (SSSR count). The average Bonchev–Trinajstić information content (AvgIpc) is 2.76. The number of aryl methyl sites for hydroxylation is 1. The van der Waals surface area contributed by atoms with Gasteiger partial charge in [-0.1, -0.05) is 11.8 Å². The number of aromatic nitrogens is 2. The van der Waals surface area contributed by atoms with Gasteiger partial charge in [-0.3, -0.25) is 9.67 Å². The standard InChI is InChI=1S/C8H12N4S/c1-2-12-6-7(5-10-12)11-8-9-3-4-13-8/h5-6H,2-4H2,1H3,(H,9,11). The molecule has 0 radical (unpaired) electrons. The predicted octanol–water partition coefficient (Wildman–Crippen LogP) is 1.42. The van der Waals surface area contributed by atoms with Crippen LogP contribution in [0.25, 0.3) is 0 Å². The summed E-state index contributed by atoms with van der Waals surface area (Å²) in [6.07, 6.45) is 3.81. The first-order valence-electron chi connectivity index (χ1n) is 4.35. The molecule has 0 unspecified atom stereocenters. The molecular weight excluding hydrogens is 184 g/mol. The molecule has 0 bridgehead atoms. The van der Waals surface area contributed by atoms with Gasteiger partial charge in [0.1, 0.15) is 0 Å². The lowest BCUT2D eigenvalue weighted by atomic mass is 10.6. The zero-order chi connectivity index (χ0) is 9.10. The van der Waals surface area contributed by atoms with E-state index in [1.54, 1.807) is 11.8 Å². The SMILES string of the molecule is CCn1cc(NC2=NCCS2)cn1. The van der Waals surface area contributed by atoms with Crippen LogP contribution in [0, 0.1) is 0 Å². The number of aliphatic imine (C=N–C) groups is 1. The van der Waals surface area contributed by atoms with Crippen LogP contribution < -0.4 is 5.32 Å². The molecule has 0 aliphatic carbocycles. The third-order valence-electron chi connectivity index (χ3n) is 1.79. The van der Waals surface area contributed by atoms with Crippen LogP contribution in [0.2, 0.25) is 0 Å². The van der Waals surface area contributed by atoms with Gasteiger partial charge in [-0.2, -0.15) is 5.10 Å². The van der Waals surface area contributed by atoms with Crippen LogP contribution in [-0.2, 0) is 6.54 Å². The van der Waals surface area contributed by atoms with Crippen molar-refractivity contribution in [3.05, 3.63) is 12.4 Å². The zero-order valence-electron chi connectivity index (χ0n) is 7.53. The number of thioether (sulfide) groups is 1. The highest BCUT2D eigenvalue weighted by Crippen LogP contribution is 2.14. The molecule has 0 fully saturated rings. The maximum Gasteiger partial charge on any atom is 0.161 e. The van der Waals surface area contributed by atoms with Crippen molar-refractivity contribution in [2.45, 2.75) is 13.5 Å². The lowest BCUT2D eigenvalue weighted by Crippen LogP contribution is -2.03. The molecule has 1 aliphatic heterocycles. The molecule has 70 valence electrons. The second kappa shape index (κ2) is 3.83. The molecule has 13 heavy (non-hydrogen) atoms. The van der Waals surface area contributed by atoms with E-state index in [4.69, 9.17) is 0 Å². The van der Waals surface area contributed by atoms with Crippen LogP contribution in [0.4, 0.5) is 5.69 Å². The van der Waals surface area contributed by atoms with E-state index in [1.807, 2.05) is 17.1 Å². The molecular formula is C8H12N4S. The maximum absolute atomic E-state index is 4.30. The minimum atomic E-state index is 0.904. The van der Waals surface area contributed by atoms with Crippen molar-refractivity contribution in [3.8, 4) is 0 Å². The largest absolute Gasteiger partial charge is 0.332 e. The van der Waals surface area contributed by atoms with Crippen molar-refractivity contribution in [1.82, 2.24) is 9.78 Å². The van der Waals surface area contributed by atoms with Crippen LogP contribution in [0.3, 0.4) is 0 Å². The van der Waals surface area contributed by atoms with Gasteiger partial charge in [-0.05, 0) is 6.92 Å². The molecule has 1 aliphatic rings. The lowest BCUT2D eigenvalue weighted by molar-refractivity contribution is 0.660. The van der Waals surface area contributed by atoms with Gasteiger partial charge >= 0.3 is 0 Å². The summed E-state index contributed by atoms with van der Waals surface area (Å²) in [5, 5.41) is 8.40. The zero-order valence-corrected chi connectivity index (χ0v) is 8.34. The Kier molecular flexibility index (Phi) is 2.54. The van der Waals surface area contributed by atoms with Gasteiger partial charge in [0.25, 0.3) is 0 Å². The van der Waals surface area contributed by atoms with Gasteiger partial charge < -0.3 is 5.32 Å². The van der Waals surface area contributed by atoms with Gasteiger partial charge in [0.05, 0.1) is 18.4 Å². The summed E-state index contributed by atoms with van der Waals surface area (Å²) in [5.74, 6) is 1.09. The van der Waals surface area contributed by atoms with Gasteiger partial charge in [0, 0.05) is 18.5 Å². The minimum Gasteiger partial charge on any atom is -0.332 e. The molecule has 1 aromatic rings. The van der Waals surface area contributed by atoms with Crippen molar-refractivity contribution in [2.24, 2.45) is 4.99 Å². The molecule has 0 amide bonds. The fourth-order valence-electron chi connectivity index (χ4n) is 1.14. The molecule has 2 heterocycles. The summed E-state index contributed by atoms with van der Waals surface area (Å²) in [4.78, 5) is 4.30. The summed E-state index contributed by atoms with van der Waals surface area (Å²) in [6.45, 7) is 3.90. The number of nitrogens with zero attached hydrogens (tertiary/aromatic N) is 3. The van der Waals surface area contributed by atoms with Crippen LogP contribution in [0.15, 0.2) is 17.4 Å². The van der Waals surface area contributed by atoms with Crippen molar-refractivity contribution >= 4 is 22.6 Å². The van der Waals surface area contributed by atoms with Crippen LogP contribution in [-0.4, -0.2) is 27.2 Å². The molecule has 1 N–H and O–H groups in total. The fraction of sp³-hybridized carbons (Fsp3) is 0.500. The Morgan fingerprint density at radius 2 is 2.62 bits per heavy atom. The van der Waals surface area contributed by atoms with Gasteiger partial charge in [0.15, 0.2) is 5.17 Å². The maximum atomic E-state index is 4.30. The summed E-state index contributed by atoms with van der Waals surface area (Å²) in [5.41, 5.74) is 1.02. The van der Waals surface area contributed by atoms with Gasteiger partial charge in [-0.25, -0.2) is 0 Å². The van der Waals surface area contributed by atoms with E-state index in [1.165, 1.54) is 0 Å². The first-order chi connectivity index (χ1) is 6.38. The predicted molar refractivity (Wildman–Crippen MR) is 56.3 cm³/mol. The Bertz CT molecular complexity index is 318. The fourth-order valence-corrected chi connectivity index (χ4v) is 1.88. The molecule has 4 nitrogen and oxygen atoms in total. The second-order valence-corrected chi connectivity index (χ2v) is 3.83. The lowest BCUT2D eigenvalue weighted by Gasteiger charge is -1.99. The second-order valence-electron chi connectivity index (χ2n) is 2.75.